The number of aliphatic hydroxyl groups excluding tert-OH is 1. The molecule has 0 amide bonds. The first-order chi connectivity index (χ1) is 36.0. The second-order valence-corrected chi connectivity index (χ2v) is 24.0. The highest BCUT2D eigenvalue weighted by Crippen LogP contribution is 2.46. The van der Waals surface area contributed by atoms with Crippen molar-refractivity contribution in [3.05, 3.63) is 69.9 Å². The molecular formula is C58H74N6O13. The van der Waals surface area contributed by atoms with Gasteiger partial charge >= 0.3 is 24.1 Å². The second-order valence-electron chi connectivity index (χ2n) is 24.0. The van der Waals surface area contributed by atoms with Crippen LogP contribution in [0.1, 0.15) is 195 Å². The first kappa shape index (κ1) is 56.5. The number of carbonyl (C=O) groups is 5. The number of hydrogen-bond acceptors (Lipinski definition) is 17. The molecule has 19 nitrogen and oxygen atoms in total. The molecule has 2 atom stereocenters. The number of benzene rings is 2. The minimum Gasteiger partial charge on any atom is -0.460 e. The monoisotopic (exact) mass is 1060 g/mol. The van der Waals surface area contributed by atoms with Crippen molar-refractivity contribution in [1.29, 1.82) is 0 Å². The molecule has 4 aromatic heterocycles. The minimum absolute atomic E-state index is 0.0602. The summed E-state index contributed by atoms with van der Waals surface area (Å²) >= 11 is 0. The standard InChI is InChI=1S/C27H33N3O6.C21H23N3O4.C6H10O2.C4H8O/c1-13-20(14(2)36-29-13)16-10-17(22(31)18-12-27(6,7)34-24(18)32)21-19(11-16)30(23(28-21)15-8-9-15)25(33)35-26(3,4)5;1-11-17(12(2)28-23-11)14-8-15(10-25)18-16(9-14)24(19(22-18)13-6-7-13)20(26)27-21(3,4)5;1-6(2)4-3-5(7)8-6;1-2-4-5-3-1/h10-11,15,18,22,31H,8-9,12H2,1-7H3;8-10,13H,6-7H2,1-5H3;3-4H2,1-2H3;1-4H2. The number of hydrogen-bond donors (Lipinski definition) is 1. The molecule has 0 bridgehead atoms. The third kappa shape index (κ3) is 13.0. The molecule has 2 saturated carbocycles. The molecule has 414 valence electrons. The quantitative estimate of drug-likeness (QED) is 0.0888. The first-order valence-corrected chi connectivity index (χ1v) is 26.7. The fourth-order valence-corrected chi connectivity index (χ4v) is 9.85. The van der Waals surface area contributed by atoms with Crippen molar-refractivity contribution in [2.24, 2.45) is 5.92 Å². The molecule has 7 heterocycles. The van der Waals surface area contributed by atoms with Crippen LogP contribution in [0.5, 0.6) is 0 Å². The van der Waals surface area contributed by atoms with E-state index in [9.17, 15) is 29.1 Å². The number of carbonyl (C=O) groups excluding carboxylic acids is 5. The number of nitrogens with zero attached hydrogens (tertiary/aromatic N) is 6. The largest absolute Gasteiger partial charge is 0.460 e. The molecule has 6 aromatic rings. The third-order valence-corrected chi connectivity index (χ3v) is 13.7. The predicted octanol–water partition coefficient (Wildman–Crippen LogP) is 12.0. The third-order valence-electron chi connectivity index (χ3n) is 13.7. The summed E-state index contributed by atoms with van der Waals surface area (Å²) in [4.78, 5) is 70.9. The van der Waals surface area contributed by atoms with Gasteiger partial charge in [-0.2, -0.15) is 0 Å². The van der Waals surface area contributed by atoms with E-state index >= 15 is 0 Å². The summed E-state index contributed by atoms with van der Waals surface area (Å²) < 4.78 is 40.5. The lowest BCUT2D eigenvalue weighted by Crippen LogP contribution is -2.28. The van der Waals surface area contributed by atoms with E-state index < -0.39 is 47.0 Å². The van der Waals surface area contributed by atoms with E-state index in [1.54, 1.807) is 6.07 Å². The van der Waals surface area contributed by atoms with Crippen LogP contribution in [0.2, 0.25) is 0 Å². The number of cyclic esters (lactones) is 2. The topological polar surface area (TPSA) is 239 Å². The molecule has 2 aromatic carbocycles. The summed E-state index contributed by atoms with van der Waals surface area (Å²) in [5.74, 6) is 1.61. The van der Waals surface area contributed by atoms with Crippen molar-refractivity contribution in [2.75, 3.05) is 13.2 Å². The van der Waals surface area contributed by atoms with Gasteiger partial charge in [0.05, 0.1) is 45.5 Å². The van der Waals surface area contributed by atoms with Gasteiger partial charge in [0.2, 0.25) is 0 Å². The summed E-state index contributed by atoms with van der Waals surface area (Å²) in [7, 11) is 0. The Morgan fingerprint density at radius 1 is 0.714 bits per heavy atom. The van der Waals surface area contributed by atoms with Gasteiger partial charge in [-0.1, -0.05) is 10.3 Å². The van der Waals surface area contributed by atoms with Gasteiger partial charge in [-0.3, -0.25) is 14.4 Å². The maximum absolute atomic E-state index is 13.4. The van der Waals surface area contributed by atoms with E-state index in [4.69, 9.17) is 37.7 Å². The highest BCUT2D eigenvalue weighted by Gasteiger charge is 2.46. The molecule has 5 aliphatic rings. The van der Waals surface area contributed by atoms with Crippen LogP contribution in [-0.4, -0.2) is 101 Å². The predicted molar refractivity (Wildman–Crippen MR) is 285 cm³/mol. The summed E-state index contributed by atoms with van der Waals surface area (Å²) in [6.45, 7) is 27.8. The highest BCUT2D eigenvalue weighted by atomic mass is 16.6. The Morgan fingerprint density at radius 2 is 1.19 bits per heavy atom. The zero-order valence-corrected chi connectivity index (χ0v) is 47.0. The van der Waals surface area contributed by atoms with E-state index in [1.165, 1.54) is 22.0 Å². The SMILES string of the molecule is C1CCOC1.CC1(C)CCC(=O)O1.Cc1noc(C)c1-c1cc(C(O)C2CC(C)(C)OC2=O)c2nc(C3CC3)n(C(=O)OC(C)(C)C)c2c1.Cc1noc(C)c1-c1cc(C=O)c2nc(C3CC3)n(C(=O)OC(C)(C)C)c2c1. The Kier molecular flexibility index (Phi) is 15.8. The number of rotatable bonds is 7. The number of imidazole rings is 2. The van der Waals surface area contributed by atoms with E-state index in [0.29, 0.717) is 80.5 Å². The van der Waals surface area contributed by atoms with Crippen LogP contribution in [0.15, 0.2) is 33.3 Å². The van der Waals surface area contributed by atoms with Crippen LogP contribution in [-0.2, 0) is 33.3 Å². The summed E-state index contributed by atoms with van der Waals surface area (Å²) in [5.41, 5.74) is 5.23. The van der Waals surface area contributed by atoms with E-state index in [-0.39, 0.29) is 23.4 Å². The molecule has 0 spiro atoms. The Bertz CT molecular complexity index is 3170. The molecule has 1 N–H and O–H groups in total. The number of ether oxygens (including phenoxy) is 5. The summed E-state index contributed by atoms with van der Waals surface area (Å²) in [6.07, 6.45) is 6.76. The second kappa shape index (κ2) is 21.6. The number of fused-ring (bicyclic) bond motifs is 2. The fourth-order valence-electron chi connectivity index (χ4n) is 9.85. The number of aryl methyl sites for hydroxylation is 4. The molecule has 19 heteroatoms. The van der Waals surface area contributed by atoms with Crippen molar-refractivity contribution in [1.82, 2.24) is 29.4 Å². The molecule has 3 aliphatic heterocycles. The Morgan fingerprint density at radius 3 is 1.55 bits per heavy atom. The van der Waals surface area contributed by atoms with Crippen LogP contribution in [0.3, 0.4) is 0 Å². The lowest BCUT2D eigenvalue weighted by atomic mass is 9.87. The van der Waals surface area contributed by atoms with Crippen LogP contribution in [0.25, 0.3) is 44.3 Å². The van der Waals surface area contributed by atoms with Gasteiger partial charge in [0.1, 0.15) is 45.6 Å². The molecule has 11 rings (SSSR count). The number of aromatic nitrogens is 6. The van der Waals surface area contributed by atoms with Crippen LogP contribution in [0, 0.1) is 33.6 Å². The van der Waals surface area contributed by atoms with Gasteiger partial charge in [-0.25, -0.2) is 28.7 Å². The van der Waals surface area contributed by atoms with E-state index in [2.05, 4.69) is 15.3 Å². The van der Waals surface area contributed by atoms with Gasteiger partial charge in [-0.15, -0.1) is 0 Å². The van der Waals surface area contributed by atoms with Crippen molar-refractivity contribution in [3.63, 3.8) is 0 Å². The van der Waals surface area contributed by atoms with E-state index in [0.717, 1.165) is 74.0 Å². The van der Waals surface area contributed by atoms with E-state index in [1.807, 2.05) is 115 Å². The van der Waals surface area contributed by atoms with Gasteiger partial charge < -0.3 is 37.8 Å². The average Bonchev–Trinajstić information content (AvgIpc) is 3.92. The lowest BCUT2D eigenvalue weighted by molar-refractivity contribution is -0.150. The molecule has 77 heavy (non-hydrogen) atoms. The first-order valence-electron chi connectivity index (χ1n) is 26.7. The molecule has 5 fully saturated rings. The Labute approximate surface area is 448 Å². The van der Waals surface area contributed by atoms with Crippen LogP contribution >= 0.6 is 0 Å². The van der Waals surface area contributed by atoms with Crippen molar-refractivity contribution in [2.45, 2.75) is 195 Å². The number of esters is 2. The maximum Gasteiger partial charge on any atom is 0.420 e. The molecule has 2 unspecified atom stereocenters. The Balaban J connectivity index is 0.000000167. The molecular weight excluding hydrogens is 989 g/mol. The van der Waals surface area contributed by atoms with Gasteiger partial charge in [-0.05, 0) is 177 Å². The average molecular weight is 1060 g/mol. The highest BCUT2D eigenvalue weighted by molar-refractivity contribution is 6.01. The minimum atomic E-state index is -1.17. The van der Waals surface area contributed by atoms with Crippen molar-refractivity contribution in [3.8, 4) is 22.3 Å². The molecule has 3 saturated heterocycles. The fraction of sp³-hybridized carbons (Fsp3) is 0.569. The van der Waals surface area contributed by atoms with Gasteiger partial charge in [0.25, 0.3) is 0 Å². The van der Waals surface area contributed by atoms with Crippen molar-refractivity contribution >= 4 is 52.5 Å². The summed E-state index contributed by atoms with van der Waals surface area (Å²) in [6, 6.07) is 7.31. The smallest absolute Gasteiger partial charge is 0.420 e. The number of aldehydes is 1. The summed E-state index contributed by atoms with van der Waals surface area (Å²) in [5, 5.41) is 19.6. The molecule has 2 aliphatic carbocycles. The van der Waals surface area contributed by atoms with Crippen LogP contribution < -0.4 is 0 Å². The maximum atomic E-state index is 13.4. The van der Waals surface area contributed by atoms with Crippen LogP contribution in [0.4, 0.5) is 9.59 Å². The van der Waals surface area contributed by atoms with Crippen molar-refractivity contribution < 1.29 is 61.8 Å². The van der Waals surface area contributed by atoms with Gasteiger partial charge in [0, 0.05) is 60.1 Å². The Hall–Kier alpha value is -6.73. The zero-order chi connectivity index (χ0) is 56.1. The number of aliphatic hydroxyl groups is 1. The molecule has 0 radical (unpaired) electrons. The normalized spacial score (nSPS) is 19.1. The van der Waals surface area contributed by atoms with Gasteiger partial charge in [0.15, 0.2) is 6.29 Å². The zero-order valence-electron chi connectivity index (χ0n) is 47.0. The lowest BCUT2D eigenvalue weighted by Gasteiger charge is -2.21.